The van der Waals surface area contributed by atoms with Crippen molar-refractivity contribution in [3.8, 4) is 0 Å². The van der Waals surface area contributed by atoms with Gasteiger partial charge in [-0.3, -0.25) is 0 Å². The molecular weight excluding hydrogens is 214 g/mol. The minimum absolute atomic E-state index is 0.653. The summed E-state index contributed by atoms with van der Waals surface area (Å²) < 4.78 is 0. The predicted molar refractivity (Wildman–Crippen MR) is 69.9 cm³/mol. The molecule has 3 rings (SSSR count). The maximum absolute atomic E-state index is 3.92. The van der Waals surface area contributed by atoms with Gasteiger partial charge in [0.25, 0.3) is 0 Å². The van der Waals surface area contributed by atoms with E-state index in [-0.39, 0.29) is 0 Å². The van der Waals surface area contributed by atoms with Gasteiger partial charge in [-0.2, -0.15) is 0 Å². The zero-order valence-corrected chi connectivity index (χ0v) is 10.9. The molecule has 0 aliphatic heterocycles. The van der Waals surface area contributed by atoms with Crippen molar-refractivity contribution in [1.82, 2.24) is 5.32 Å². The van der Waals surface area contributed by atoms with E-state index in [0.29, 0.717) is 6.04 Å². The molecule has 2 heteroatoms. The van der Waals surface area contributed by atoms with Gasteiger partial charge in [0.05, 0.1) is 0 Å². The van der Waals surface area contributed by atoms with E-state index < -0.39 is 0 Å². The summed E-state index contributed by atoms with van der Waals surface area (Å²) >= 11 is 1.95. The van der Waals surface area contributed by atoms with Crippen molar-refractivity contribution in [3.63, 3.8) is 0 Å². The van der Waals surface area contributed by atoms with E-state index in [9.17, 15) is 0 Å². The van der Waals surface area contributed by atoms with Crippen LogP contribution in [-0.4, -0.2) is 6.04 Å². The van der Waals surface area contributed by atoms with E-state index in [1.165, 1.54) is 38.5 Å². The fourth-order valence-corrected chi connectivity index (χ4v) is 4.30. The zero-order valence-electron chi connectivity index (χ0n) is 10.0. The number of fused-ring (bicyclic) bond motifs is 1. The number of hydrogen-bond acceptors (Lipinski definition) is 2. The van der Waals surface area contributed by atoms with E-state index in [1.54, 1.807) is 10.4 Å². The lowest BCUT2D eigenvalue weighted by atomic mass is 9.92. The Kier molecular flexibility index (Phi) is 3.03. The third kappa shape index (κ3) is 1.93. The van der Waals surface area contributed by atoms with Gasteiger partial charge in [-0.1, -0.05) is 13.3 Å². The molecule has 2 aliphatic rings. The zero-order chi connectivity index (χ0) is 11.0. The summed E-state index contributed by atoms with van der Waals surface area (Å²) in [6, 6.07) is 3.77. The molecule has 3 atom stereocenters. The summed E-state index contributed by atoms with van der Waals surface area (Å²) in [7, 11) is 0. The first-order valence-corrected chi connectivity index (χ1v) is 7.55. The molecule has 3 unspecified atom stereocenters. The number of thiophene rings is 1. The Morgan fingerprint density at radius 1 is 1.25 bits per heavy atom. The number of hydrogen-bond donors (Lipinski definition) is 1. The van der Waals surface area contributed by atoms with Gasteiger partial charge in [-0.05, 0) is 55.0 Å². The molecule has 1 saturated carbocycles. The summed E-state index contributed by atoms with van der Waals surface area (Å²) in [5.74, 6) is 0.879. The molecule has 1 aromatic heterocycles. The minimum atomic E-state index is 0.653. The van der Waals surface area contributed by atoms with Crippen LogP contribution in [0.2, 0.25) is 0 Å². The topological polar surface area (TPSA) is 12.0 Å². The normalized spacial score (nSPS) is 33.9. The third-order valence-electron chi connectivity index (χ3n) is 4.33. The molecule has 0 bridgehead atoms. The molecule has 1 heterocycles. The first kappa shape index (κ1) is 10.8. The molecule has 0 amide bonds. The van der Waals surface area contributed by atoms with Crippen LogP contribution in [-0.2, 0) is 6.42 Å². The van der Waals surface area contributed by atoms with Crippen LogP contribution < -0.4 is 5.32 Å². The van der Waals surface area contributed by atoms with Gasteiger partial charge in [0.15, 0.2) is 0 Å². The van der Waals surface area contributed by atoms with Gasteiger partial charge in [0.2, 0.25) is 0 Å². The average molecular weight is 235 g/mol. The van der Waals surface area contributed by atoms with Crippen molar-refractivity contribution in [2.75, 3.05) is 0 Å². The van der Waals surface area contributed by atoms with Gasteiger partial charge >= 0.3 is 0 Å². The van der Waals surface area contributed by atoms with Crippen molar-refractivity contribution < 1.29 is 0 Å². The highest BCUT2D eigenvalue weighted by Crippen LogP contribution is 2.35. The highest BCUT2D eigenvalue weighted by Gasteiger charge is 2.28. The SMILES string of the molecule is CC1CCCC1NC1CCCc2sccc21. The van der Waals surface area contributed by atoms with Crippen molar-refractivity contribution >= 4 is 11.3 Å². The molecule has 16 heavy (non-hydrogen) atoms. The standard InChI is InChI=1S/C14H21NS/c1-10-4-2-5-12(10)15-13-6-3-7-14-11(13)8-9-16-14/h8-10,12-13,15H,2-7H2,1H3. The fraction of sp³-hybridized carbons (Fsp3) is 0.714. The van der Waals surface area contributed by atoms with Crippen LogP contribution in [0.5, 0.6) is 0 Å². The molecular formula is C14H21NS. The van der Waals surface area contributed by atoms with Crippen molar-refractivity contribution in [2.24, 2.45) is 5.92 Å². The van der Waals surface area contributed by atoms with Crippen LogP contribution in [0, 0.1) is 5.92 Å². The molecule has 1 nitrogen and oxygen atoms in total. The van der Waals surface area contributed by atoms with Crippen LogP contribution in [0.25, 0.3) is 0 Å². The van der Waals surface area contributed by atoms with Gasteiger partial charge < -0.3 is 5.32 Å². The summed E-state index contributed by atoms with van der Waals surface area (Å²) in [4.78, 5) is 1.63. The van der Waals surface area contributed by atoms with Crippen LogP contribution in [0.3, 0.4) is 0 Å². The lowest BCUT2D eigenvalue weighted by Gasteiger charge is -2.29. The highest BCUT2D eigenvalue weighted by atomic mass is 32.1. The molecule has 2 aliphatic carbocycles. The van der Waals surface area contributed by atoms with Gasteiger partial charge in [-0.15, -0.1) is 11.3 Å². The second kappa shape index (κ2) is 4.50. The van der Waals surface area contributed by atoms with Gasteiger partial charge in [-0.25, -0.2) is 0 Å². The smallest absolute Gasteiger partial charge is 0.0333 e. The summed E-state index contributed by atoms with van der Waals surface area (Å²) in [6.45, 7) is 2.40. The molecule has 88 valence electrons. The Balaban J connectivity index is 1.72. The van der Waals surface area contributed by atoms with E-state index >= 15 is 0 Å². The van der Waals surface area contributed by atoms with E-state index in [0.717, 1.165) is 12.0 Å². The summed E-state index contributed by atoms with van der Waals surface area (Å²) in [5, 5.41) is 6.18. The highest BCUT2D eigenvalue weighted by molar-refractivity contribution is 7.10. The number of rotatable bonds is 2. The van der Waals surface area contributed by atoms with Crippen LogP contribution in [0.15, 0.2) is 11.4 Å². The maximum Gasteiger partial charge on any atom is 0.0333 e. The fourth-order valence-electron chi connectivity index (χ4n) is 3.31. The Morgan fingerprint density at radius 2 is 2.19 bits per heavy atom. The van der Waals surface area contributed by atoms with Crippen LogP contribution in [0.4, 0.5) is 0 Å². The molecule has 0 aromatic carbocycles. The van der Waals surface area contributed by atoms with Crippen molar-refractivity contribution in [1.29, 1.82) is 0 Å². The predicted octanol–water partition coefficient (Wildman–Crippen LogP) is 3.90. The maximum atomic E-state index is 3.92. The summed E-state index contributed by atoms with van der Waals surface area (Å²) in [5.41, 5.74) is 1.61. The molecule has 1 aromatic rings. The van der Waals surface area contributed by atoms with E-state index in [2.05, 4.69) is 23.7 Å². The molecule has 1 fully saturated rings. The molecule has 0 spiro atoms. The van der Waals surface area contributed by atoms with E-state index in [4.69, 9.17) is 0 Å². The monoisotopic (exact) mass is 235 g/mol. The van der Waals surface area contributed by atoms with Gasteiger partial charge in [0.1, 0.15) is 0 Å². The second-order valence-corrected chi connectivity index (χ2v) is 6.43. The van der Waals surface area contributed by atoms with E-state index in [1.807, 2.05) is 11.3 Å². The first-order valence-electron chi connectivity index (χ1n) is 6.67. The number of aryl methyl sites for hydroxylation is 1. The Hall–Kier alpha value is -0.340. The van der Waals surface area contributed by atoms with Crippen molar-refractivity contribution in [3.05, 3.63) is 21.9 Å². The van der Waals surface area contributed by atoms with Crippen LogP contribution in [0.1, 0.15) is 55.5 Å². The Bertz CT molecular complexity index is 357. The lowest BCUT2D eigenvalue weighted by Crippen LogP contribution is -2.35. The Labute approximate surface area is 102 Å². The second-order valence-electron chi connectivity index (χ2n) is 5.43. The first-order chi connectivity index (χ1) is 7.84. The van der Waals surface area contributed by atoms with Crippen molar-refractivity contribution in [2.45, 2.75) is 57.5 Å². The minimum Gasteiger partial charge on any atom is -0.307 e. The number of nitrogens with one attached hydrogen (secondary N) is 1. The molecule has 0 saturated heterocycles. The summed E-state index contributed by atoms with van der Waals surface area (Å²) in [6.07, 6.45) is 8.24. The Morgan fingerprint density at radius 3 is 3.00 bits per heavy atom. The van der Waals surface area contributed by atoms with Gasteiger partial charge in [0, 0.05) is 17.0 Å². The molecule has 1 N–H and O–H groups in total. The largest absolute Gasteiger partial charge is 0.307 e. The third-order valence-corrected chi connectivity index (χ3v) is 5.33. The average Bonchev–Trinajstić information content (AvgIpc) is 2.89. The lowest BCUT2D eigenvalue weighted by molar-refractivity contribution is 0.351. The quantitative estimate of drug-likeness (QED) is 0.819. The molecule has 0 radical (unpaired) electrons. The van der Waals surface area contributed by atoms with Crippen LogP contribution >= 0.6 is 11.3 Å².